The molecule has 2 fully saturated rings. The van der Waals surface area contributed by atoms with Crippen LogP contribution in [0.15, 0.2) is 6.07 Å². The molecule has 0 unspecified atom stereocenters. The molecule has 1 saturated carbocycles. The highest BCUT2D eigenvalue weighted by atomic mass is 16.2. The molecule has 3 heterocycles. The summed E-state index contributed by atoms with van der Waals surface area (Å²) in [5.41, 5.74) is 4.96. The van der Waals surface area contributed by atoms with Gasteiger partial charge in [0, 0.05) is 55.3 Å². The van der Waals surface area contributed by atoms with E-state index in [1.807, 2.05) is 30.2 Å². The van der Waals surface area contributed by atoms with Gasteiger partial charge in [0.15, 0.2) is 5.65 Å². The standard InChI is InChI=1S/C25H37N5O2/c1-16(2)26-24(31)10-9-21-17(3)27-23-14-22(28-30(23)18(21)4)20-11-12-29(15-20)25(32)13-19-7-5-6-8-19/h14,16,19-20H,5-13,15H2,1-4H3,(H,26,31)/t20-/m0/s1. The summed E-state index contributed by atoms with van der Waals surface area (Å²) in [7, 11) is 0. The maximum atomic E-state index is 12.7. The third-order valence-electron chi connectivity index (χ3n) is 7.13. The summed E-state index contributed by atoms with van der Waals surface area (Å²) in [6, 6.07) is 2.22. The van der Waals surface area contributed by atoms with Gasteiger partial charge in [-0.1, -0.05) is 12.8 Å². The van der Waals surface area contributed by atoms with Crippen molar-refractivity contribution in [1.82, 2.24) is 24.8 Å². The van der Waals surface area contributed by atoms with Gasteiger partial charge < -0.3 is 10.2 Å². The third kappa shape index (κ3) is 4.97. The van der Waals surface area contributed by atoms with E-state index in [-0.39, 0.29) is 17.9 Å². The first-order chi connectivity index (χ1) is 15.3. The summed E-state index contributed by atoms with van der Waals surface area (Å²) in [6.45, 7) is 9.59. The molecular weight excluding hydrogens is 402 g/mol. The van der Waals surface area contributed by atoms with Gasteiger partial charge in [0.05, 0.1) is 5.69 Å². The number of fused-ring (bicyclic) bond motifs is 1. The first-order valence-electron chi connectivity index (χ1n) is 12.2. The second-order valence-corrected chi connectivity index (χ2v) is 10.0. The Balaban J connectivity index is 1.44. The summed E-state index contributed by atoms with van der Waals surface area (Å²) in [5.74, 6) is 1.24. The van der Waals surface area contributed by atoms with Crippen LogP contribution in [-0.4, -0.2) is 50.4 Å². The van der Waals surface area contributed by atoms with E-state index >= 15 is 0 Å². The highest BCUT2D eigenvalue weighted by Crippen LogP contribution is 2.31. The topological polar surface area (TPSA) is 79.6 Å². The van der Waals surface area contributed by atoms with Gasteiger partial charge in [-0.05, 0) is 64.9 Å². The smallest absolute Gasteiger partial charge is 0.222 e. The lowest BCUT2D eigenvalue weighted by Gasteiger charge is -2.18. The van der Waals surface area contributed by atoms with E-state index in [4.69, 9.17) is 10.1 Å². The van der Waals surface area contributed by atoms with Crippen LogP contribution < -0.4 is 5.32 Å². The second-order valence-electron chi connectivity index (χ2n) is 10.0. The van der Waals surface area contributed by atoms with Crippen molar-refractivity contribution in [2.75, 3.05) is 13.1 Å². The summed E-state index contributed by atoms with van der Waals surface area (Å²) in [5, 5.41) is 7.84. The van der Waals surface area contributed by atoms with Crippen molar-refractivity contribution in [3.05, 3.63) is 28.7 Å². The zero-order valence-corrected chi connectivity index (χ0v) is 20.0. The average Bonchev–Trinajstić information content (AvgIpc) is 3.47. The summed E-state index contributed by atoms with van der Waals surface area (Å²) in [6.07, 6.45) is 7.74. The minimum atomic E-state index is 0.0633. The van der Waals surface area contributed by atoms with Crippen LogP contribution in [0, 0.1) is 19.8 Å². The molecular formula is C25H37N5O2. The molecule has 2 aliphatic rings. The predicted octanol–water partition coefficient (Wildman–Crippen LogP) is 3.70. The van der Waals surface area contributed by atoms with Gasteiger partial charge in [-0.3, -0.25) is 9.59 Å². The average molecular weight is 440 g/mol. The molecule has 1 aliphatic heterocycles. The largest absolute Gasteiger partial charge is 0.354 e. The molecule has 32 heavy (non-hydrogen) atoms. The zero-order chi connectivity index (χ0) is 22.8. The molecule has 4 rings (SSSR count). The molecule has 0 spiro atoms. The summed E-state index contributed by atoms with van der Waals surface area (Å²) in [4.78, 5) is 31.7. The monoisotopic (exact) mass is 439 g/mol. The van der Waals surface area contributed by atoms with Crippen molar-refractivity contribution in [3.8, 4) is 0 Å². The van der Waals surface area contributed by atoms with E-state index in [9.17, 15) is 9.59 Å². The fourth-order valence-corrected chi connectivity index (χ4v) is 5.36. The first-order valence-corrected chi connectivity index (χ1v) is 12.2. The molecule has 7 heteroatoms. The maximum absolute atomic E-state index is 12.7. The molecule has 2 aromatic rings. The lowest BCUT2D eigenvalue weighted by molar-refractivity contribution is -0.131. The number of nitrogens with one attached hydrogen (secondary N) is 1. The van der Waals surface area contributed by atoms with E-state index in [1.54, 1.807) is 0 Å². The fraction of sp³-hybridized carbons (Fsp3) is 0.680. The van der Waals surface area contributed by atoms with E-state index in [2.05, 4.69) is 18.3 Å². The number of hydrogen-bond acceptors (Lipinski definition) is 4. The van der Waals surface area contributed by atoms with Gasteiger partial charge in [-0.25, -0.2) is 9.50 Å². The molecule has 174 valence electrons. The van der Waals surface area contributed by atoms with Crippen molar-refractivity contribution < 1.29 is 9.59 Å². The third-order valence-corrected chi connectivity index (χ3v) is 7.13. The highest BCUT2D eigenvalue weighted by molar-refractivity contribution is 5.77. The molecule has 1 aliphatic carbocycles. The summed E-state index contributed by atoms with van der Waals surface area (Å²) < 4.78 is 1.92. The molecule has 0 aromatic carbocycles. The number of aromatic nitrogens is 3. The summed E-state index contributed by atoms with van der Waals surface area (Å²) >= 11 is 0. The lowest BCUT2D eigenvalue weighted by Crippen LogP contribution is -2.30. The van der Waals surface area contributed by atoms with Crippen molar-refractivity contribution >= 4 is 17.5 Å². The highest BCUT2D eigenvalue weighted by Gasteiger charge is 2.31. The molecule has 1 N–H and O–H groups in total. The molecule has 1 saturated heterocycles. The number of nitrogens with zero attached hydrogens (tertiary/aromatic N) is 4. The van der Waals surface area contributed by atoms with Crippen molar-refractivity contribution in [3.63, 3.8) is 0 Å². The molecule has 2 amide bonds. The van der Waals surface area contributed by atoms with Crippen LogP contribution in [0.4, 0.5) is 0 Å². The molecule has 0 bridgehead atoms. The number of amides is 2. The Morgan fingerprint density at radius 3 is 2.66 bits per heavy atom. The Labute approximate surface area is 191 Å². The van der Waals surface area contributed by atoms with Crippen molar-refractivity contribution in [2.24, 2.45) is 5.92 Å². The van der Waals surface area contributed by atoms with Crippen LogP contribution >= 0.6 is 0 Å². The Morgan fingerprint density at radius 1 is 1.19 bits per heavy atom. The van der Waals surface area contributed by atoms with E-state index in [0.717, 1.165) is 47.8 Å². The van der Waals surface area contributed by atoms with E-state index < -0.39 is 0 Å². The van der Waals surface area contributed by atoms with Crippen LogP contribution in [-0.2, 0) is 16.0 Å². The number of hydrogen-bond donors (Lipinski definition) is 1. The maximum Gasteiger partial charge on any atom is 0.222 e. The minimum absolute atomic E-state index is 0.0633. The van der Waals surface area contributed by atoms with Crippen molar-refractivity contribution in [1.29, 1.82) is 0 Å². The van der Waals surface area contributed by atoms with Gasteiger partial charge >= 0.3 is 0 Å². The number of carbonyl (C=O) groups excluding carboxylic acids is 2. The van der Waals surface area contributed by atoms with Crippen LogP contribution in [0.5, 0.6) is 0 Å². The van der Waals surface area contributed by atoms with Crippen molar-refractivity contribution in [2.45, 2.75) is 91.0 Å². The first kappa shape index (κ1) is 22.7. The Hall–Kier alpha value is -2.44. The fourth-order valence-electron chi connectivity index (χ4n) is 5.36. The molecule has 0 radical (unpaired) electrons. The lowest BCUT2D eigenvalue weighted by atomic mass is 10.0. The second kappa shape index (κ2) is 9.59. The Kier molecular flexibility index (Phi) is 6.82. The number of carbonyl (C=O) groups is 2. The van der Waals surface area contributed by atoms with Gasteiger partial charge in [0.1, 0.15) is 0 Å². The van der Waals surface area contributed by atoms with E-state index in [1.165, 1.54) is 25.7 Å². The van der Waals surface area contributed by atoms with Crippen LogP contribution in [0.3, 0.4) is 0 Å². The number of aryl methyl sites for hydroxylation is 2. The van der Waals surface area contributed by atoms with Gasteiger partial charge in [0.25, 0.3) is 0 Å². The predicted molar refractivity (Wildman–Crippen MR) is 125 cm³/mol. The normalized spacial score (nSPS) is 19.4. The Bertz CT molecular complexity index is 990. The number of rotatable bonds is 7. The molecule has 2 aromatic heterocycles. The van der Waals surface area contributed by atoms with Crippen LogP contribution in [0.1, 0.15) is 87.4 Å². The zero-order valence-electron chi connectivity index (χ0n) is 20.0. The minimum Gasteiger partial charge on any atom is -0.354 e. The van der Waals surface area contributed by atoms with Crippen LogP contribution in [0.25, 0.3) is 5.65 Å². The van der Waals surface area contributed by atoms with Crippen LogP contribution in [0.2, 0.25) is 0 Å². The Morgan fingerprint density at radius 2 is 1.94 bits per heavy atom. The van der Waals surface area contributed by atoms with Gasteiger partial charge in [-0.15, -0.1) is 0 Å². The van der Waals surface area contributed by atoms with Gasteiger partial charge in [-0.2, -0.15) is 5.10 Å². The number of likely N-dealkylation sites (tertiary alicyclic amines) is 1. The quantitative estimate of drug-likeness (QED) is 0.713. The van der Waals surface area contributed by atoms with Gasteiger partial charge in [0.2, 0.25) is 11.8 Å². The molecule has 1 atom stereocenters. The van der Waals surface area contributed by atoms with E-state index in [0.29, 0.717) is 31.1 Å². The molecule has 7 nitrogen and oxygen atoms in total. The SMILES string of the molecule is Cc1nc2cc([C@H]3CCN(C(=O)CC4CCCC4)C3)nn2c(C)c1CCC(=O)NC(C)C.